The zero-order chi connectivity index (χ0) is 18.6. The molecule has 2 aromatic carbocycles. The Hall–Kier alpha value is -2.66. The van der Waals surface area contributed by atoms with Crippen molar-refractivity contribution in [2.24, 2.45) is 0 Å². The lowest BCUT2D eigenvalue weighted by atomic mass is 9.99. The monoisotopic (exact) mass is 363 g/mol. The molecular formula is C22H25N3O2. The summed E-state index contributed by atoms with van der Waals surface area (Å²) in [4.78, 5) is 26.6. The van der Waals surface area contributed by atoms with E-state index >= 15 is 0 Å². The lowest BCUT2D eigenvalue weighted by Gasteiger charge is -2.32. The van der Waals surface area contributed by atoms with Gasteiger partial charge in [-0.05, 0) is 42.5 Å². The van der Waals surface area contributed by atoms with Crippen LogP contribution in [-0.2, 0) is 17.8 Å². The molecule has 2 N–H and O–H groups in total. The molecule has 5 nitrogen and oxygen atoms in total. The predicted octanol–water partition coefficient (Wildman–Crippen LogP) is 2.97. The second-order valence-corrected chi connectivity index (χ2v) is 7.43. The lowest BCUT2D eigenvalue weighted by Crippen LogP contribution is -2.44. The number of hydrogen-bond acceptors (Lipinski definition) is 3. The van der Waals surface area contributed by atoms with E-state index in [1.54, 1.807) is 6.07 Å². The SMILES string of the molecule is O=C1CCc2ccc(C(=O)NC3CCN(Cc4ccccc4)CC3)cc2N1. The summed E-state index contributed by atoms with van der Waals surface area (Å²) < 4.78 is 0. The third-order valence-corrected chi connectivity index (χ3v) is 5.44. The molecule has 2 aliphatic heterocycles. The Bertz CT molecular complexity index is 827. The standard InChI is InChI=1S/C22H25N3O2/c26-21-9-8-17-6-7-18(14-20(17)24-21)22(27)23-19-10-12-25(13-11-19)15-16-4-2-1-3-5-16/h1-7,14,19H,8-13,15H2,(H,23,27)(H,24,26). The average Bonchev–Trinajstić information content (AvgIpc) is 2.69. The van der Waals surface area contributed by atoms with Crippen LogP contribution in [-0.4, -0.2) is 35.8 Å². The summed E-state index contributed by atoms with van der Waals surface area (Å²) in [5.41, 5.74) is 3.82. The number of aryl methyl sites for hydroxylation is 1. The van der Waals surface area contributed by atoms with Crippen molar-refractivity contribution in [3.05, 3.63) is 65.2 Å². The Balaban J connectivity index is 1.31. The number of nitrogens with zero attached hydrogens (tertiary/aromatic N) is 1. The van der Waals surface area contributed by atoms with Crippen molar-refractivity contribution >= 4 is 17.5 Å². The number of piperidine rings is 1. The maximum Gasteiger partial charge on any atom is 0.251 e. The first-order chi connectivity index (χ1) is 13.2. The van der Waals surface area contributed by atoms with Gasteiger partial charge in [-0.3, -0.25) is 14.5 Å². The Labute approximate surface area is 159 Å². The topological polar surface area (TPSA) is 61.4 Å². The number of rotatable bonds is 4. The van der Waals surface area contributed by atoms with Crippen LogP contribution in [0.25, 0.3) is 0 Å². The van der Waals surface area contributed by atoms with E-state index in [0.29, 0.717) is 12.0 Å². The van der Waals surface area contributed by atoms with Crippen molar-refractivity contribution in [3.8, 4) is 0 Å². The van der Waals surface area contributed by atoms with Crippen LogP contribution in [0.1, 0.15) is 40.7 Å². The van der Waals surface area contributed by atoms with E-state index in [9.17, 15) is 9.59 Å². The summed E-state index contributed by atoms with van der Waals surface area (Å²) >= 11 is 0. The highest BCUT2D eigenvalue weighted by Crippen LogP contribution is 2.24. The fourth-order valence-corrected chi connectivity index (χ4v) is 3.86. The van der Waals surface area contributed by atoms with Crippen molar-refractivity contribution < 1.29 is 9.59 Å². The van der Waals surface area contributed by atoms with Crippen molar-refractivity contribution in [2.45, 2.75) is 38.3 Å². The zero-order valence-electron chi connectivity index (χ0n) is 15.4. The van der Waals surface area contributed by atoms with Crippen molar-refractivity contribution in [3.63, 3.8) is 0 Å². The molecule has 0 bridgehead atoms. The minimum atomic E-state index is -0.0564. The van der Waals surface area contributed by atoms with Crippen molar-refractivity contribution in [2.75, 3.05) is 18.4 Å². The molecule has 2 aromatic rings. The maximum absolute atomic E-state index is 12.6. The number of carbonyl (C=O) groups excluding carboxylic acids is 2. The third kappa shape index (κ3) is 4.37. The minimum absolute atomic E-state index is 0.0193. The Morgan fingerprint density at radius 1 is 1.07 bits per heavy atom. The fourth-order valence-electron chi connectivity index (χ4n) is 3.86. The highest BCUT2D eigenvalue weighted by atomic mass is 16.2. The van der Waals surface area contributed by atoms with Crippen LogP contribution in [0.2, 0.25) is 0 Å². The first kappa shape index (κ1) is 17.7. The molecule has 5 heteroatoms. The summed E-state index contributed by atoms with van der Waals surface area (Å²) in [6.45, 7) is 2.94. The van der Waals surface area contributed by atoms with E-state index in [-0.39, 0.29) is 17.9 Å². The number of benzene rings is 2. The van der Waals surface area contributed by atoms with Gasteiger partial charge in [0.15, 0.2) is 0 Å². The molecule has 0 radical (unpaired) electrons. The van der Waals surface area contributed by atoms with Gasteiger partial charge < -0.3 is 10.6 Å². The van der Waals surface area contributed by atoms with Crippen LogP contribution < -0.4 is 10.6 Å². The average molecular weight is 363 g/mol. The van der Waals surface area contributed by atoms with E-state index in [2.05, 4.69) is 39.8 Å². The van der Waals surface area contributed by atoms with E-state index < -0.39 is 0 Å². The zero-order valence-corrected chi connectivity index (χ0v) is 15.4. The molecule has 2 heterocycles. The van der Waals surface area contributed by atoms with Gasteiger partial charge in [0.1, 0.15) is 0 Å². The quantitative estimate of drug-likeness (QED) is 0.878. The van der Waals surface area contributed by atoms with Gasteiger partial charge in [-0.15, -0.1) is 0 Å². The lowest BCUT2D eigenvalue weighted by molar-refractivity contribution is -0.116. The molecule has 0 saturated carbocycles. The van der Waals surface area contributed by atoms with E-state index in [1.807, 2.05) is 18.2 Å². The summed E-state index contributed by atoms with van der Waals surface area (Å²) in [7, 11) is 0. The normalized spacial score (nSPS) is 17.9. The maximum atomic E-state index is 12.6. The molecule has 1 fully saturated rings. The van der Waals surface area contributed by atoms with Crippen LogP contribution in [0, 0.1) is 0 Å². The van der Waals surface area contributed by atoms with Crippen LogP contribution in [0.3, 0.4) is 0 Å². The van der Waals surface area contributed by atoms with Crippen molar-refractivity contribution in [1.29, 1.82) is 0 Å². The van der Waals surface area contributed by atoms with Gasteiger partial charge >= 0.3 is 0 Å². The van der Waals surface area contributed by atoms with Crippen molar-refractivity contribution in [1.82, 2.24) is 10.2 Å². The highest BCUT2D eigenvalue weighted by molar-refractivity contribution is 5.99. The van der Waals surface area contributed by atoms with Crippen LogP contribution in [0.15, 0.2) is 48.5 Å². The molecular weight excluding hydrogens is 338 g/mol. The number of amides is 2. The first-order valence-electron chi connectivity index (χ1n) is 9.67. The first-order valence-corrected chi connectivity index (χ1v) is 9.67. The number of hydrogen-bond donors (Lipinski definition) is 2. The van der Waals surface area contributed by atoms with Gasteiger partial charge in [0.05, 0.1) is 0 Å². The molecule has 0 spiro atoms. The van der Waals surface area contributed by atoms with Gasteiger partial charge in [0.2, 0.25) is 5.91 Å². The number of carbonyl (C=O) groups is 2. The second kappa shape index (κ2) is 7.92. The molecule has 0 aliphatic carbocycles. The molecule has 4 rings (SSSR count). The van der Waals surface area contributed by atoms with Gasteiger partial charge in [-0.1, -0.05) is 36.4 Å². The number of anilines is 1. The molecule has 0 unspecified atom stereocenters. The second-order valence-electron chi connectivity index (χ2n) is 7.43. The Kier molecular flexibility index (Phi) is 5.21. The van der Waals surface area contributed by atoms with Gasteiger partial charge in [0, 0.05) is 43.3 Å². The summed E-state index contributed by atoms with van der Waals surface area (Å²) in [5.74, 6) is -0.0371. The molecule has 0 aromatic heterocycles. The van der Waals surface area contributed by atoms with Crippen LogP contribution >= 0.6 is 0 Å². The Morgan fingerprint density at radius 2 is 1.85 bits per heavy atom. The molecule has 140 valence electrons. The molecule has 2 aliphatic rings. The summed E-state index contributed by atoms with van der Waals surface area (Å²) in [5, 5.41) is 6.02. The fraction of sp³-hybridized carbons (Fsp3) is 0.364. The van der Waals surface area contributed by atoms with E-state index in [1.165, 1.54) is 5.56 Å². The Morgan fingerprint density at radius 3 is 2.63 bits per heavy atom. The highest BCUT2D eigenvalue weighted by Gasteiger charge is 2.22. The van der Waals surface area contributed by atoms with Gasteiger partial charge in [-0.25, -0.2) is 0 Å². The predicted molar refractivity (Wildman–Crippen MR) is 106 cm³/mol. The van der Waals surface area contributed by atoms with E-state index in [0.717, 1.165) is 50.1 Å². The largest absolute Gasteiger partial charge is 0.349 e. The molecule has 2 amide bonds. The molecule has 1 saturated heterocycles. The van der Waals surface area contributed by atoms with E-state index in [4.69, 9.17) is 0 Å². The smallest absolute Gasteiger partial charge is 0.251 e. The van der Waals surface area contributed by atoms with Crippen LogP contribution in [0.4, 0.5) is 5.69 Å². The third-order valence-electron chi connectivity index (χ3n) is 5.44. The number of fused-ring (bicyclic) bond motifs is 1. The van der Waals surface area contributed by atoms with Gasteiger partial charge in [-0.2, -0.15) is 0 Å². The molecule has 0 atom stereocenters. The number of likely N-dealkylation sites (tertiary alicyclic amines) is 1. The minimum Gasteiger partial charge on any atom is -0.349 e. The number of nitrogens with one attached hydrogen (secondary N) is 2. The summed E-state index contributed by atoms with van der Waals surface area (Å²) in [6.07, 6.45) is 3.17. The molecule has 27 heavy (non-hydrogen) atoms. The van der Waals surface area contributed by atoms with Gasteiger partial charge in [0.25, 0.3) is 5.91 Å². The summed E-state index contributed by atoms with van der Waals surface area (Å²) in [6, 6.07) is 16.3. The van der Waals surface area contributed by atoms with Crippen LogP contribution in [0.5, 0.6) is 0 Å².